The van der Waals surface area contributed by atoms with E-state index in [0.29, 0.717) is 0 Å². The quantitative estimate of drug-likeness (QED) is 0.462. The van der Waals surface area contributed by atoms with Gasteiger partial charge < -0.3 is 15.7 Å². The number of hydrogen-bond acceptors (Lipinski definition) is 5. The molecular formula is C6H8N2O4S. The molecule has 7 heteroatoms. The number of anilines is 2. The molecule has 1 rings (SSSR count). The first-order valence-corrected chi connectivity index (χ1v) is 4.57. The van der Waals surface area contributed by atoms with E-state index in [9.17, 15) is 8.42 Å². The third-order valence-electron chi connectivity index (χ3n) is 1.29. The van der Waals surface area contributed by atoms with Crippen molar-refractivity contribution in [1.82, 2.24) is 0 Å². The van der Waals surface area contributed by atoms with Crippen LogP contribution in [0.1, 0.15) is 0 Å². The summed E-state index contributed by atoms with van der Waals surface area (Å²) in [5.74, 6) is -0.192. The Balaban J connectivity index is 3.10. The maximum Gasteiger partial charge on any atom is 0.446 e. The van der Waals surface area contributed by atoms with Gasteiger partial charge in [0.1, 0.15) is 0 Å². The molecule has 0 unspecified atom stereocenters. The van der Waals surface area contributed by atoms with Crippen LogP contribution >= 0.6 is 0 Å². The summed E-state index contributed by atoms with van der Waals surface area (Å²) in [6, 6.07) is 4.21. The lowest BCUT2D eigenvalue weighted by Gasteiger charge is -2.06. The van der Waals surface area contributed by atoms with E-state index in [2.05, 4.69) is 4.18 Å². The maximum absolute atomic E-state index is 10.3. The van der Waals surface area contributed by atoms with E-state index in [0.717, 1.165) is 0 Å². The molecule has 0 aliphatic rings. The minimum atomic E-state index is -4.55. The van der Waals surface area contributed by atoms with Gasteiger partial charge in [-0.3, -0.25) is 4.55 Å². The van der Waals surface area contributed by atoms with Gasteiger partial charge in [-0.2, -0.15) is 8.42 Å². The Morgan fingerprint density at radius 3 is 2.46 bits per heavy atom. The first-order valence-electron chi connectivity index (χ1n) is 3.21. The third kappa shape index (κ3) is 2.49. The van der Waals surface area contributed by atoms with E-state index in [1.165, 1.54) is 18.2 Å². The second-order valence-corrected chi connectivity index (χ2v) is 3.29. The van der Waals surface area contributed by atoms with Gasteiger partial charge in [0, 0.05) is 0 Å². The van der Waals surface area contributed by atoms with Gasteiger partial charge in [0.05, 0.1) is 11.4 Å². The maximum atomic E-state index is 10.3. The van der Waals surface area contributed by atoms with Crippen molar-refractivity contribution in [2.75, 3.05) is 11.5 Å². The monoisotopic (exact) mass is 204 g/mol. The minimum Gasteiger partial charge on any atom is -0.397 e. The topological polar surface area (TPSA) is 116 Å². The van der Waals surface area contributed by atoms with E-state index in [-0.39, 0.29) is 17.1 Å². The summed E-state index contributed by atoms with van der Waals surface area (Å²) in [6.45, 7) is 0. The number of rotatable bonds is 2. The fraction of sp³-hybridized carbons (Fsp3) is 0. The summed E-state index contributed by atoms with van der Waals surface area (Å²) in [7, 11) is -4.55. The zero-order valence-electron chi connectivity index (χ0n) is 6.47. The Labute approximate surface area is 75.1 Å². The van der Waals surface area contributed by atoms with Crippen LogP contribution in [-0.4, -0.2) is 13.0 Å². The van der Waals surface area contributed by atoms with Gasteiger partial charge in [0.15, 0.2) is 5.75 Å². The van der Waals surface area contributed by atoms with Crippen LogP contribution in [0.4, 0.5) is 11.4 Å². The first-order chi connectivity index (χ1) is 5.90. The smallest absolute Gasteiger partial charge is 0.397 e. The molecule has 0 spiro atoms. The second kappa shape index (κ2) is 3.11. The van der Waals surface area contributed by atoms with Crippen LogP contribution in [-0.2, 0) is 10.4 Å². The summed E-state index contributed by atoms with van der Waals surface area (Å²) in [6.07, 6.45) is 0. The van der Waals surface area contributed by atoms with E-state index in [1.807, 2.05) is 0 Å². The molecule has 13 heavy (non-hydrogen) atoms. The average molecular weight is 204 g/mol. The third-order valence-corrected chi connectivity index (χ3v) is 1.69. The van der Waals surface area contributed by atoms with Gasteiger partial charge in [0.2, 0.25) is 0 Å². The number of para-hydroxylation sites is 1. The highest BCUT2D eigenvalue weighted by atomic mass is 32.3. The average Bonchev–Trinajstić information content (AvgIpc) is 1.96. The molecule has 6 nitrogen and oxygen atoms in total. The number of nitrogen functional groups attached to an aromatic ring is 2. The molecule has 5 N–H and O–H groups in total. The zero-order valence-corrected chi connectivity index (χ0v) is 7.28. The predicted octanol–water partition coefficient (Wildman–Crippen LogP) is 0.0326. The summed E-state index contributed by atoms with van der Waals surface area (Å²) in [4.78, 5) is 0. The van der Waals surface area contributed by atoms with Gasteiger partial charge in [-0.1, -0.05) is 6.07 Å². The van der Waals surface area contributed by atoms with Crippen molar-refractivity contribution in [2.24, 2.45) is 0 Å². The van der Waals surface area contributed by atoms with Crippen LogP contribution in [0.15, 0.2) is 18.2 Å². The fourth-order valence-electron chi connectivity index (χ4n) is 0.747. The van der Waals surface area contributed by atoms with E-state index >= 15 is 0 Å². The van der Waals surface area contributed by atoms with E-state index in [4.69, 9.17) is 16.0 Å². The number of nitrogens with two attached hydrogens (primary N) is 2. The van der Waals surface area contributed by atoms with Crippen LogP contribution < -0.4 is 15.7 Å². The molecule has 0 heterocycles. The van der Waals surface area contributed by atoms with Crippen LogP contribution in [0, 0.1) is 0 Å². The van der Waals surface area contributed by atoms with E-state index < -0.39 is 10.4 Å². The molecule has 0 bridgehead atoms. The Kier molecular flexibility index (Phi) is 2.30. The molecule has 0 aliphatic carbocycles. The minimum absolute atomic E-state index is 0.0277. The molecule has 0 fully saturated rings. The van der Waals surface area contributed by atoms with Crippen LogP contribution in [0.2, 0.25) is 0 Å². The fourth-order valence-corrected chi connectivity index (χ4v) is 1.12. The highest BCUT2D eigenvalue weighted by Crippen LogP contribution is 2.27. The lowest BCUT2D eigenvalue weighted by atomic mass is 10.2. The molecule has 0 aliphatic heterocycles. The standard InChI is InChI=1S/C6H8N2O4S/c7-4-2-1-3-5(6(4)8)12-13(9,10)11/h1-3H,7-8H2,(H,9,10,11). The van der Waals surface area contributed by atoms with Gasteiger partial charge in [-0.05, 0) is 12.1 Å². The summed E-state index contributed by atoms with van der Waals surface area (Å²) >= 11 is 0. The highest BCUT2D eigenvalue weighted by Gasteiger charge is 2.10. The molecule has 0 saturated heterocycles. The van der Waals surface area contributed by atoms with Crippen molar-refractivity contribution in [1.29, 1.82) is 0 Å². The molecule has 72 valence electrons. The SMILES string of the molecule is Nc1cccc(OS(=O)(=O)O)c1N. The van der Waals surface area contributed by atoms with Crippen LogP contribution in [0.5, 0.6) is 5.75 Å². The molecule has 0 atom stereocenters. The van der Waals surface area contributed by atoms with Gasteiger partial charge in [0.25, 0.3) is 0 Å². The molecule has 0 saturated carbocycles. The normalized spacial score (nSPS) is 11.2. The predicted molar refractivity (Wildman–Crippen MR) is 47.4 cm³/mol. The number of hydrogen-bond donors (Lipinski definition) is 3. The Morgan fingerprint density at radius 1 is 1.31 bits per heavy atom. The first kappa shape index (κ1) is 9.62. The molecule has 1 aromatic carbocycles. The summed E-state index contributed by atoms with van der Waals surface area (Å²) in [5.41, 5.74) is 10.9. The van der Waals surface area contributed by atoms with Gasteiger partial charge in [-0.25, -0.2) is 0 Å². The Morgan fingerprint density at radius 2 is 1.92 bits per heavy atom. The summed E-state index contributed by atoms with van der Waals surface area (Å²) in [5, 5.41) is 0. The van der Waals surface area contributed by atoms with Crippen molar-refractivity contribution in [3.63, 3.8) is 0 Å². The zero-order chi connectivity index (χ0) is 10.1. The summed E-state index contributed by atoms with van der Waals surface area (Å²) < 4.78 is 33.1. The Bertz CT molecular complexity index is 415. The molecule has 0 radical (unpaired) electrons. The van der Waals surface area contributed by atoms with Crippen molar-refractivity contribution >= 4 is 21.8 Å². The second-order valence-electron chi connectivity index (χ2n) is 2.27. The van der Waals surface area contributed by atoms with Crippen molar-refractivity contribution in [2.45, 2.75) is 0 Å². The molecule has 1 aromatic rings. The molecular weight excluding hydrogens is 196 g/mol. The van der Waals surface area contributed by atoms with Crippen molar-refractivity contribution < 1.29 is 17.2 Å². The number of benzene rings is 1. The molecule has 0 aromatic heterocycles. The van der Waals surface area contributed by atoms with Crippen molar-refractivity contribution in [3.8, 4) is 5.75 Å². The lowest BCUT2D eigenvalue weighted by molar-refractivity contribution is 0.387. The van der Waals surface area contributed by atoms with Crippen molar-refractivity contribution in [3.05, 3.63) is 18.2 Å². The van der Waals surface area contributed by atoms with Crippen LogP contribution in [0.25, 0.3) is 0 Å². The highest BCUT2D eigenvalue weighted by molar-refractivity contribution is 7.81. The lowest BCUT2D eigenvalue weighted by Crippen LogP contribution is -2.09. The van der Waals surface area contributed by atoms with Crippen LogP contribution in [0.3, 0.4) is 0 Å². The van der Waals surface area contributed by atoms with E-state index in [1.54, 1.807) is 0 Å². The van der Waals surface area contributed by atoms with Gasteiger partial charge in [-0.15, -0.1) is 0 Å². The molecule has 0 amide bonds. The van der Waals surface area contributed by atoms with Gasteiger partial charge >= 0.3 is 10.4 Å². The largest absolute Gasteiger partial charge is 0.446 e. The Hall–Kier alpha value is -1.47.